The maximum absolute atomic E-state index is 12.4. The summed E-state index contributed by atoms with van der Waals surface area (Å²) in [5.74, 6) is 0. The summed E-state index contributed by atoms with van der Waals surface area (Å²) in [5, 5.41) is 2.69. The van der Waals surface area contributed by atoms with E-state index in [1.807, 2.05) is 0 Å². The molecule has 0 fully saturated rings. The van der Waals surface area contributed by atoms with Crippen LogP contribution in [0.2, 0.25) is 0 Å². The first-order valence-electron chi connectivity index (χ1n) is 4.00. The number of azide groups is 1. The lowest BCUT2D eigenvalue weighted by molar-refractivity contribution is -0.142. The van der Waals surface area contributed by atoms with Gasteiger partial charge in [-0.05, 0) is 17.7 Å². The van der Waals surface area contributed by atoms with Gasteiger partial charge in [-0.25, -0.2) is 0 Å². The summed E-state index contributed by atoms with van der Waals surface area (Å²) in [6.07, 6.45) is -9.92. The largest absolute Gasteiger partial charge is 0.416 e. The number of hydrogen-bond acceptors (Lipinski definition) is 1. The van der Waals surface area contributed by atoms with Crippen molar-refractivity contribution in [2.24, 2.45) is 5.11 Å². The van der Waals surface area contributed by atoms with E-state index in [9.17, 15) is 26.3 Å². The van der Waals surface area contributed by atoms with E-state index >= 15 is 0 Å². The van der Waals surface area contributed by atoms with Crippen LogP contribution in [0.25, 0.3) is 10.4 Å². The molecule has 1 rings (SSSR count). The van der Waals surface area contributed by atoms with Gasteiger partial charge in [0.25, 0.3) is 0 Å². The minimum atomic E-state index is -5.02. The van der Waals surface area contributed by atoms with Gasteiger partial charge in [-0.1, -0.05) is 11.2 Å². The van der Waals surface area contributed by atoms with E-state index in [0.717, 1.165) is 0 Å². The van der Waals surface area contributed by atoms with Gasteiger partial charge in [-0.3, -0.25) is 0 Å². The van der Waals surface area contributed by atoms with Gasteiger partial charge in [0.1, 0.15) is 0 Å². The highest BCUT2D eigenvalue weighted by Gasteiger charge is 2.37. The first kappa shape index (κ1) is 13.2. The molecule has 0 aliphatic rings. The Morgan fingerprint density at radius 1 is 1.00 bits per heavy atom. The van der Waals surface area contributed by atoms with Crippen molar-refractivity contribution in [2.45, 2.75) is 12.4 Å². The van der Waals surface area contributed by atoms with Gasteiger partial charge in [0.2, 0.25) is 0 Å². The molecule has 0 heterocycles. The molecular formula is C8H3F6N3. The lowest BCUT2D eigenvalue weighted by atomic mass is 10.1. The van der Waals surface area contributed by atoms with E-state index in [4.69, 9.17) is 5.53 Å². The van der Waals surface area contributed by atoms with Crippen molar-refractivity contribution < 1.29 is 26.3 Å². The SMILES string of the molecule is [N-]=[N+]=Nc1ccc(C(F)(F)F)cc1C(F)(F)F. The van der Waals surface area contributed by atoms with E-state index in [1.54, 1.807) is 0 Å². The van der Waals surface area contributed by atoms with Crippen LogP contribution in [-0.4, -0.2) is 0 Å². The van der Waals surface area contributed by atoms with Crippen molar-refractivity contribution in [1.29, 1.82) is 0 Å². The van der Waals surface area contributed by atoms with Crippen LogP contribution in [0.5, 0.6) is 0 Å². The number of alkyl halides is 6. The third kappa shape index (κ3) is 3.04. The topological polar surface area (TPSA) is 48.8 Å². The second kappa shape index (κ2) is 4.17. The second-order valence-corrected chi connectivity index (χ2v) is 2.92. The van der Waals surface area contributed by atoms with Gasteiger partial charge in [0, 0.05) is 10.6 Å². The van der Waals surface area contributed by atoms with Crippen molar-refractivity contribution >= 4 is 5.69 Å². The Morgan fingerprint density at radius 3 is 2.00 bits per heavy atom. The number of rotatable bonds is 1. The fraction of sp³-hybridized carbons (Fsp3) is 0.250. The molecule has 0 bridgehead atoms. The van der Waals surface area contributed by atoms with Crippen LogP contribution in [0, 0.1) is 0 Å². The van der Waals surface area contributed by atoms with Crippen LogP contribution >= 0.6 is 0 Å². The standard InChI is InChI=1S/C8H3F6N3/c9-7(10,11)4-1-2-6(16-17-15)5(3-4)8(12,13)14/h1-3H. The Bertz CT molecular complexity index is 469. The normalized spacial score (nSPS) is 12.1. The highest BCUT2D eigenvalue weighted by Crippen LogP contribution is 2.40. The molecule has 0 aliphatic carbocycles. The lowest BCUT2D eigenvalue weighted by Crippen LogP contribution is -2.10. The van der Waals surface area contributed by atoms with Crippen LogP contribution in [0.3, 0.4) is 0 Å². The summed E-state index contributed by atoms with van der Waals surface area (Å²) in [4.78, 5) is 2.12. The third-order valence-corrected chi connectivity index (χ3v) is 1.78. The molecule has 0 aliphatic heterocycles. The van der Waals surface area contributed by atoms with Gasteiger partial charge < -0.3 is 0 Å². The Labute approximate surface area is 90.3 Å². The van der Waals surface area contributed by atoms with Gasteiger partial charge in [0.05, 0.1) is 11.1 Å². The van der Waals surface area contributed by atoms with Crippen molar-refractivity contribution in [3.05, 3.63) is 39.8 Å². The number of nitrogens with zero attached hydrogens (tertiary/aromatic N) is 3. The van der Waals surface area contributed by atoms with E-state index in [2.05, 4.69) is 10.0 Å². The van der Waals surface area contributed by atoms with Crippen molar-refractivity contribution in [1.82, 2.24) is 0 Å². The van der Waals surface area contributed by atoms with Crippen LogP contribution in [0.15, 0.2) is 23.3 Å². The highest BCUT2D eigenvalue weighted by atomic mass is 19.4. The molecule has 9 heteroatoms. The van der Waals surface area contributed by atoms with E-state index < -0.39 is 29.2 Å². The number of halogens is 6. The molecule has 17 heavy (non-hydrogen) atoms. The molecule has 0 radical (unpaired) electrons. The van der Waals surface area contributed by atoms with Crippen LogP contribution in [0.1, 0.15) is 11.1 Å². The molecule has 0 N–H and O–H groups in total. The fourth-order valence-electron chi connectivity index (χ4n) is 1.07. The molecule has 0 saturated carbocycles. The predicted molar refractivity (Wildman–Crippen MR) is 45.3 cm³/mol. The number of benzene rings is 1. The summed E-state index contributed by atoms with van der Waals surface area (Å²) >= 11 is 0. The van der Waals surface area contributed by atoms with E-state index in [0.29, 0.717) is 12.1 Å². The molecule has 0 saturated heterocycles. The smallest absolute Gasteiger partial charge is 0.166 e. The number of hydrogen-bond donors (Lipinski definition) is 0. The van der Waals surface area contributed by atoms with Crippen molar-refractivity contribution in [3.8, 4) is 0 Å². The molecule has 0 amide bonds. The maximum Gasteiger partial charge on any atom is 0.416 e. The average Bonchev–Trinajstić information content (AvgIpc) is 2.15. The minimum Gasteiger partial charge on any atom is -0.166 e. The van der Waals surface area contributed by atoms with Crippen molar-refractivity contribution in [3.63, 3.8) is 0 Å². The van der Waals surface area contributed by atoms with Gasteiger partial charge in [0.15, 0.2) is 0 Å². The summed E-state index contributed by atoms with van der Waals surface area (Å²) in [5.41, 5.74) is 4.04. The quantitative estimate of drug-likeness (QED) is 0.303. The minimum absolute atomic E-state index is 0.0932. The summed E-state index contributed by atoms with van der Waals surface area (Å²) < 4.78 is 73.8. The molecule has 0 unspecified atom stereocenters. The molecule has 0 aromatic heterocycles. The zero-order valence-electron chi connectivity index (χ0n) is 7.84. The zero-order valence-corrected chi connectivity index (χ0v) is 7.84. The Morgan fingerprint density at radius 2 is 1.59 bits per heavy atom. The highest BCUT2D eigenvalue weighted by molar-refractivity contribution is 5.50. The molecule has 3 nitrogen and oxygen atoms in total. The lowest BCUT2D eigenvalue weighted by Gasteiger charge is -2.13. The van der Waals surface area contributed by atoms with Crippen LogP contribution < -0.4 is 0 Å². The van der Waals surface area contributed by atoms with Gasteiger partial charge >= 0.3 is 12.4 Å². The first-order valence-corrected chi connectivity index (χ1v) is 4.00. The molecule has 0 atom stereocenters. The second-order valence-electron chi connectivity index (χ2n) is 2.92. The van der Waals surface area contributed by atoms with E-state index in [-0.39, 0.29) is 6.07 Å². The third-order valence-electron chi connectivity index (χ3n) is 1.78. The zero-order chi connectivity index (χ0) is 13.3. The van der Waals surface area contributed by atoms with Crippen LogP contribution in [0.4, 0.5) is 32.0 Å². The van der Waals surface area contributed by atoms with Gasteiger partial charge in [-0.15, -0.1) is 0 Å². The predicted octanol–water partition coefficient (Wildman–Crippen LogP) is 4.67. The average molecular weight is 255 g/mol. The monoisotopic (exact) mass is 255 g/mol. The molecule has 0 spiro atoms. The first-order chi connectivity index (χ1) is 7.66. The summed E-state index contributed by atoms with van der Waals surface area (Å²) in [6, 6.07) is 0.800. The molecule has 92 valence electrons. The Kier molecular flexibility index (Phi) is 3.23. The Hall–Kier alpha value is -1.89. The fourth-order valence-corrected chi connectivity index (χ4v) is 1.07. The molecular weight excluding hydrogens is 252 g/mol. The van der Waals surface area contributed by atoms with Crippen LogP contribution in [-0.2, 0) is 12.4 Å². The maximum atomic E-state index is 12.4. The van der Waals surface area contributed by atoms with E-state index in [1.165, 1.54) is 0 Å². The van der Waals surface area contributed by atoms with Gasteiger partial charge in [-0.2, -0.15) is 26.3 Å². The Balaban J connectivity index is 3.45. The summed E-state index contributed by atoms with van der Waals surface area (Å²) in [6.45, 7) is 0. The summed E-state index contributed by atoms with van der Waals surface area (Å²) in [7, 11) is 0. The molecule has 1 aromatic rings. The molecule has 1 aromatic carbocycles. The van der Waals surface area contributed by atoms with Crippen molar-refractivity contribution in [2.75, 3.05) is 0 Å².